The Morgan fingerprint density at radius 2 is 1.38 bits per heavy atom. The van der Waals surface area contributed by atoms with Gasteiger partial charge in [-0.25, -0.2) is 0 Å². The summed E-state index contributed by atoms with van der Waals surface area (Å²) in [5.41, 5.74) is 0.0679. The molecule has 5 unspecified atom stereocenters. The van der Waals surface area contributed by atoms with Crippen molar-refractivity contribution in [1.82, 2.24) is 0 Å². The van der Waals surface area contributed by atoms with Gasteiger partial charge >= 0.3 is 0 Å². The van der Waals surface area contributed by atoms with Gasteiger partial charge in [0.2, 0.25) is 0 Å². The third kappa shape index (κ3) is 1.11. The minimum atomic E-state index is 0.0679. The summed E-state index contributed by atoms with van der Waals surface area (Å²) in [6, 6.07) is 0. The van der Waals surface area contributed by atoms with Crippen LogP contribution in [0, 0.1) is 35.5 Å². The molecule has 0 saturated heterocycles. The fourth-order valence-corrected chi connectivity index (χ4v) is 5.63. The lowest BCUT2D eigenvalue weighted by Gasteiger charge is -2.30. The molecule has 5 rings (SSSR count). The van der Waals surface area contributed by atoms with Crippen LogP contribution in [0.2, 0.25) is 0 Å². The quantitative estimate of drug-likeness (QED) is 0.657. The molecule has 0 aliphatic heterocycles. The molecule has 0 aromatic carbocycles. The molecule has 0 aromatic rings. The first-order chi connectivity index (χ1) is 7.58. The minimum Gasteiger partial charge on any atom is -0.372 e. The molecular weight excluding hydrogens is 196 g/mol. The predicted octanol–water partition coefficient (Wildman–Crippen LogP) is 3.48. The van der Waals surface area contributed by atoms with Gasteiger partial charge in [-0.15, -0.1) is 0 Å². The van der Waals surface area contributed by atoms with Crippen molar-refractivity contribution in [2.24, 2.45) is 35.5 Å². The highest BCUT2D eigenvalue weighted by Gasteiger charge is 2.78. The van der Waals surface area contributed by atoms with Crippen LogP contribution in [0.15, 0.2) is 0 Å². The van der Waals surface area contributed by atoms with Gasteiger partial charge in [-0.3, -0.25) is 0 Å². The van der Waals surface area contributed by atoms with Crippen LogP contribution in [0.3, 0.4) is 0 Å². The van der Waals surface area contributed by atoms with E-state index in [-0.39, 0.29) is 5.60 Å². The summed E-state index contributed by atoms with van der Waals surface area (Å²) in [6.07, 6.45) is 6.67. The van der Waals surface area contributed by atoms with Gasteiger partial charge in [0, 0.05) is 0 Å². The summed E-state index contributed by atoms with van der Waals surface area (Å²) in [7, 11) is 0. The molecule has 0 aromatic heterocycles. The Morgan fingerprint density at radius 1 is 0.812 bits per heavy atom. The van der Waals surface area contributed by atoms with Crippen LogP contribution in [0.1, 0.15) is 46.5 Å². The third-order valence-electron chi connectivity index (χ3n) is 5.74. The fraction of sp³-hybridized carbons (Fsp3) is 1.00. The predicted molar refractivity (Wildman–Crippen MR) is 64.0 cm³/mol. The van der Waals surface area contributed by atoms with E-state index in [4.69, 9.17) is 4.74 Å². The van der Waals surface area contributed by atoms with E-state index in [0.29, 0.717) is 6.10 Å². The molecular formula is C15H24O. The zero-order chi connectivity index (χ0) is 11.1. The van der Waals surface area contributed by atoms with Crippen LogP contribution in [-0.4, -0.2) is 11.7 Å². The molecule has 90 valence electrons. The lowest BCUT2D eigenvalue weighted by atomic mass is 9.89. The molecule has 0 N–H and O–H groups in total. The Hall–Kier alpha value is -0.0400. The van der Waals surface area contributed by atoms with Gasteiger partial charge < -0.3 is 4.74 Å². The van der Waals surface area contributed by atoms with Crippen molar-refractivity contribution in [1.29, 1.82) is 0 Å². The molecule has 0 spiro atoms. The molecule has 5 aliphatic carbocycles. The lowest BCUT2D eigenvalue weighted by molar-refractivity contribution is -0.0831. The highest BCUT2D eigenvalue weighted by molar-refractivity contribution is 5.25. The van der Waals surface area contributed by atoms with E-state index in [1.165, 1.54) is 25.7 Å². The second-order valence-electron chi connectivity index (χ2n) is 7.62. The zero-order valence-electron chi connectivity index (χ0n) is 10.8. The summed E-state index contributed by atoms with van der Waals surface area (Å²) >= 11 is 0. The number of hydrogen-bond donors (Lipinski definition) is 0. The summed E-state index contributed by atoms with van der Waals surface area (Å²) in [4.78, 5) is 0. The Labute approximate surface area is 98.9 Å². The molecule has 0 amide bonds. The second kappa shape index (κ2) is 2.85. The highest BCUT2D eigenvalue weighted by Crippen LogP contribution is 2.79. The average Bonchev–Trinajstić information content (AvgIpc) is 2.62. The molecule has 5 fully saturated rings. The van der Waals surface area contributed by atoms with Crippen LogP contribution >= 0.6 is 0 Å². The third-order valence-corrected chi connectivity index (χ3v) is 5.74. The fourth-order valence-electron chi connectivity index (χ4n) is 5.63. The molecule has 0 heterocycles. The molecule has 5 saturated carbocycles. The molecule has 5 aliphatic rings. The number of rotatable bonds is 1. The minimum absolute atomic E-state index is 0.0679. The first-order valence-electron chi connectivity index (χ1n) is 7.26. The maximum atomic E-state index is 6.40. The van der Waals surface area contributed by atoms with Gasteiger partial charge in [0.15, 0.2) is 0 Å². The van der Waals surface area contributed by atoms with Crippen molar-refractivity contribution in [2.75, 3.05) is 0 Å². The van der Waals surface area contributed by atoms with Crippen molar-refractivity contribution in [3.05, 3.63) is 0 Å². The molecule has 16 heavy (non-hydrogen) atoms. The molecule has 0 radical (unpaired) electrons. The van der Waals surface area contributed by atoms with Crippen molar-refractivity contribution in [2.45, 2.75) is 58.2 Å². The van der Waals surface area contributed by atoms with E-state index in [0.717, 1.165) is 35.5 Å². The number of ether oxygens (including phenoxy) is 1. The topological polar surface area (TPSA) is 9.23 Å². The monoisotopic (exact) mass is 220 g/mol. The first kappa shape index (κ1) is 9.94. The van der Waals surface area contributed by atoms with Crippen LogP contribution in [0.5, 0.6) is 0 Å². The Morgan fingerprint density at radius 3 is 1.88 bits per heavy atom. The summed E-state index contributed by atoms with van der Waals surface area (Å²) in [5.74, 6) is 6.27. The Balaban J connectivity index is 1.61. The van der Waals surface area contributed by atoms with Crippen LogP contribution in [0.25, 0.3) is 0 Å². The van der Waals surface area contributed by atoms with Crippen molar-refractivity contribution in [3.63, 3.8) is 0 Å². The standard InChI is InChI=1S/C15H24O/c1-15(2,3)16-14-10-8-6-4-5-7-9(10)12-11(8)13(12)14/h8-14H,4-7H2,1-3H3. The van der Waals surface area contributed by atoms with E-state index in [1.54, 1.807) is 0 Å². The van der Waals surface area contributed by atoms with Crippen molar-refractivity contribution >= 4 is 0 Å². The second-order valence-corrected chi connectivity index (χ2v) is 7.62. The summed E-state index contributed by atoms with van der Waals surface area (Å²) in [6.45, 7) is 6.68. The maximum Gasteiger partial charge on any atom is 0.0649 e. The largest absolute Gasteiger partial charge is 0.372 e. The van der Waals surface area contributed by atoms with Gasteiger partial charge in [-0.05, 0) is 69.1 Å². The Bertz CT molecular complexity index is 296. The van der Waals surface area contributed by atoms with Crippen molar-refractivity contribution < 1.29 is 4.74 Å². The van der Waals surface area contributed by atoms with Gasteiger partial charge in [0.25, 0.3) is 0 Å². The van der Waals surface area contributed by atoms with Gasteiger partial charge in [0.1, 0.15) is 0 Å². The van der Waals surface area contributed by atoms with E-state index >= 15 is 0 Å². The normalized spacial score (nSPS) is 57.6. The van der Waals surface area contributed by atoms with Crippen LogP contribution < -0.4 is 0 Å². The highest BCUT2D eigenvalue weighted by atomic mass is 16.5. The molecule has 6 bridgehead atoms. The zero-order valence-corrected chi connectivity index (χ0v) is 10.8. The average molecular weight is 220 g/mol. The number of hydrogen-bond acceptors (Lipinski definition) is 1. The van der Waals surface area contributed by atoms with Gasteiger partial charge in [0.05, 0.1) is 11.7 Å². The van der Waals surface area contributed by atoms with Gasteiger partial charge in [-0.2, -0.15) is 0 Å². The van der Waals surface area contributed by atoms with E-state index in [1.807, 2.05) is 0 Å². The van der Waals surface area contributed by atoms with E-state index in [9.17, 15) is 0 Å². The smallest absolute Gasteiger partial charge is 0.0649 e. The van der Waals surface area contributed by atoms with Crippen molar-refractivity contribution in [3.8, 4) is 0 Å². The Kier molecular flexibility index (Phi) is 1.77. The van der Waals surface area contributed by atoms with Crippen LogP contribution in [-0.2, 0) is 4.74 Å². The van der Waals surface area contributed by atoms with E-state index < -0.39 is 0 Å². The maximum absolute atomic E-state index is 6.40. The molecule has 1 nitrogen and oxygen atoms in total. The van der Waals surface area contributed by atoms with Crippen LogP contribution in [0.4, 0.5) is 0 Å². The molecule has 5 atom stereocenters. The lowest BCUT2D eigenvalue weighted by Crippen LogP contribution is -2.32. The van der Waals surface area contributed by atoms with Gasteiger partial charge in [-0.1, -0.05) is 12.8 Å². The SMILES string of the molecule is CC(C)(C)OC1C2C3CCCCC2C2C3C12. The summed E-state index contributed by atoms with van der Waals surface area (Å²) in [5, 5.41) is 0. The first-order valence-corrected chi connectivity index (χ1v) is 7.26. The molecule has 1 heteroatoms. The summed E-state index contributed by atoms with van der Waals surface area (Å²) < 4.78 is 6.40. The van der Waals surface area contributed by atoms with E-state index in [2.05, 4.69) is 20.8 Å².